The van der Waals surface area contributed by atoms with Gasteiger partial charge in [0.15, 0.2) is 5.88 Å². The van der Waals surface area contributed by atoms with Crippen molar-refractivity contribution in [3.8, 4) is 0 Å². The highest BCUT2D eigenvalue weighted by atomic mass is 16.5. The Bertz CT molecular complexity index is 220. The smallest absolute Gasteiger partial charge is 0.186 e. The van der Waals surface area contributed by atoms with Gasteiger partial charge in [0.25, 0.3) is 0 Å². The summed E-state index contributed by atoms with van der Waals surface area (Å²) < 4.78 is 5.96. The number of hydrogen-bond donors (Lipinski definition) is 1. The van der Waals surface area contributed by atoms with E-state index in [0.29, 0.717) is 0 Å². The molecular formula is C15H31NO. The number of hydrogen-bond acceptors (Lipinski definition) is 2. The molecule has 0 unspecified atom stereocenters. The van der Waals surface area contributed by atoms with E-state index in [1.807, 2.05) is 13.8 Å². The zero-order chi connectivity index (χ0) is 13.3. The van der Waals surface area contributed by atoms with Gasteiger partial charge in [-0.3, -0.25) is 0 Å². The topological polar surface area (TPSA) is 21.3 Å². The Hall–Kier alpha value is -0.660. The summed E-state index contributed by atoms with van der Waals surface area (Å²) in [7, 11) is 0. The maximum atomic E-state index is 5.96. The molecule has 0 heterocycles. The van der Waals surface area contributed by atoms with Gasteiger partial charge in [-0.15, -0.1) is 0 Å². The van der Waals surface area contributed by atoms with Gasteiger partial charge in [-0.2, -0.15) is 0 Å². The molecule has 102 valence electrons. The van der Waals surface area contributed by atoms with E-state index in [9.17, 15) is 0 Å². The molecule has 0 bridgehead atoms. The van der Waals surface area contributed by atoms with E-state index in [4.69, 9.17) is 4.74 Å². The minimum Gasteiger partial charge on any atom is -0.474 e. The molecule has 17 heavy (non-hydrogen) atoms. The summed E-state index contributed by atoms with van der Waals surface area (Å²) in [4.78, 5) is 0. The second-order valence-corrected chi connectivity index (χ2v) is 5.28. The van der Waals surface area contributed by atoms with Crippen LogP contribution in [0.4, 0.5) is 0 Å². The number of allylic oxidation sites excluding steroid dienone is 1. The van der Waals surface area contributed by atoms with Crippen LogP contribution in [0.5, 0.6) is 0 Å². The predicted octanol–water partition coefficient (Wildman–Crippen LogP) is 4.61. The Balaban J connectivity index is 0.00000121. The van der Waals surface area contributed by atoms with Crippen LogP contribution < -0.4 is 5.32 Å². The fraction of sp³-hybridized carbons (Fsp3) is 0.867. The monoisotopic (exact) mass is 241 g/mol. The lowest BCUT2D eigenvalue weighted by Crippen LogP contribution is -2.29. The SMILES string of the molecule is CC.CCCCNC(OC(C)(C)C)=C1CCC1. The third kappa shape index (κ3) is 7.30. The predicted molar refractivity (Wildman–Crippen MR) is 76.0 cm³/mol. The van der Waals surface area contributed by atoms with Crippen LogP contribution in [0, 0.1) is 0 Å². The normalized spacial score (nSPS) is 14.4. The Kier molecular flexibility index (Phi) is 8.11. The van der Waals surface area contributed by atoms with Crippen molar-refractivity contribution in [1.82, 2.24) is 5.32 Å². The van der Waals surface area contributed by atoms with Crippen LogP contribution in [0.1, 0.15) is 73.6 Å². The molecule has 0 aliphatic heterocycles. The lowest BCUT2D eigenvalue weighted by molar-refractivity contribution is 0.0360. The standard InChI is InChI=1S/C13H25NO.C2H6/c1-5-6-10-14-12(11-8-7-9-11)15-13(2,3)4;1-2/h14H,5-10H2,1-4H3;1-2H3. The van der Waals surface area contributed by atoms with E-state index in [2.05, 4.69) is 33.0 Å². The zero-order valence-corrected chi connectivity index (χ0v) is 12.7. The molecule has 0 aromatic heterocycles. The summed E-state index contributed by atoms with van der Waals surface area (Å²) in [5.41, 5.74) is 1.39. The number of unbranched alkanes of at least 4 members (excludes halogenated alkanes) is 1. The van der Waals surface area contributed by atoms with E-state index in [0.717, 1.165) is 12.4 Å². The van der Waals surface area contributed by atoms with Gasteiger partial charge >= 0.3 is 0 Å². The van der Waals surface area contributed by atoms with Crippen molar-refractivity contribution in [3.63, 3.8) is 0 Å². The van der Waals surface area contributed by atoms with E-state index >= 15 is 0 Å². The third-order valence-corrected chi connectivity index (χ3v) is 2.50. The molecule has 2 heteroatoms. The van der Waals surface area contributed by atoms with Gasteiger partial charge in [-0.05, 0) is 52.0 Å². The molecule has 1 aliphatic rings. The Morgan fingerprint density at radius 3 is 2.18 bits per heavy atom. The van der Waals surface area contributed by atoms with E-state index in [1.54, 1.807) is 0 Å². The van der Waals surface area contributed by atoms with Crippen LogP contribution in [0.15, 0.2) is 11.5 Å². The van der Waals surface area contributed by atoms with Gasteiger partial charge in [0.1, 0.15) is 5.60 Å². The molecule has 1 N–H and O–H groups in total. The average molecular weight is 241 g/mol. The lowest BCUT2D eigenvalue weighted by atomic mass is 9.92. The molecule has 2 nitrogen and oxygen atoms in total. The number of ether oxygens (including phenoxy) is 1. The Morgan fingerprint density at radius 1 is 1.24 bits per heavy atom. The van der Waals surface area contributed by atoms with Crippen LogP contribution in [0.25, 0.3) is 0 Å². The highest BCUT2D eigenvalue weighted by molar-refractivity contribution is 5.14. The van der Waals surface area contributed by atoms with E-state index < -0.39 is 0 Å². The fourth-order valence-corrected chi connectivity index (χ4v) is 1.50. The Labute approximate surface area is 108 Å². The third-order valence-electron chi connectivity index (χ3n) is 2.50. The summed E-state index contributed by atoms with van der Waals surface area (Å²) in [6.45, 7) is 13.6. The first-order valence-electron chi connectivity index (χ1n) is 7.18. The molecule has 0 aromatic carbocycles. The van der Waals surface area contributed by atoms with Crippen molar-refractivity contribution < 1.29 is 4.74 Å². The van der Waals surface area contributed by atoms with Gasteiger partial charge in [0.05, 0.1) is 0 Å². The summed E-state index contributed by atoms with van der Waals surface area (Å²) >= 11 is 0. The van der Waals surface area contributed by atoms with Crippen LogP contribution >= 0.6 is 0 Å². The van der Waals surface area contributed by atoms with Crippen molar-refractivity contribution in [1.29, 1.82) is 0 Å². The highest BCUT2D eigenvalue weighted by Crippen LogP contribution is 2.30. The maximum Gasteiger partial charge on any atom is 0.186 e. The summed E-state index contributed by atoms with van der Waals surface area (Å²) in [5.74, 6) is 1.06. The first-order chi connectivity index (χ1) is 8.03. The molecule has 0 amide bonds. The molecule has 0 saturated heterocycles. The van der Waals surface area contributed by atoms with Crippen LogP contribution in [0.3, 0.4) is 0 Å². The summed E-state index contributed by atoms with van der Waals surface area (Å²) in [6, 6.07) is 0. The summed E-state index contributed by atoms with van der Waals surface area (Å²) in [5, 5.41) is 3.44. The van der Waals surface area contributed by atoms with Crippen molar-refractivity contribution in [2.24, 2.45) is 0 Å². The lowest BCUT2D eigenvalue weighted by Gasteiger charge is -2.29. The van der Waals surface area contributed by atoms with Crippen LogP contribution in [-0.2, 0) is 4.74 Å². The summed E-state index contributed by atoms with van der Waals surface area (Å²) in [6.07, 6.45) is 6.19. The van der Waals surface area contributed by atoms with E-state index in [1.165, 1.54) is 37.7 Å². The minimum atomic E-state index is -0.0862. The molecule has 1 aliphatic carbocycles. The second-order valence-electron chi connectivity index (χ2n) is 5.28. The molecular weight excluding hydrogens is 210 g/mol. The van der Waals surface area contributed by atoms with Crippen molar-refractivity contribution >= 4 is 0 Å². The molecule has 0 atom stereocenters. The number of nitrogens with one attached hydrogen (secondary N) is 1. The molecule has 0 spiro atoms. The Morgan fingerprint density at radius 2 is 1.82 bits per heavy atom. The quantitative estimate of drug-likeness (QED) is 0.560. The highest BCUT2D eigenvalue weighted by Gasteiger charge is 2.20. The van der Waals surface area contributed by atoms with E-state index in [-0.39, 0.29) is 5.60 Å². The first-order valence-corrected chi connectivity index (χ1v) is 7.18. The zero-order valence-electron chi connectivity index (χ0n) is 12.7. The molecule has 1 fully saturated rings. The van der Waals surface area contributed by atoms with Crippen LogP contribution in [0.2, 0.25) is 0 Å². The molecule has 1 saturated carbocycles. The fourth-order valence-electron chi connectivity index (χ4n) is 1.50. The maximum absolute atomic E-state index is 5.96. The molecule has 1 rings (SSSR count). The van der Waals surface area contributed by atoms with Gasteiger partial charge in [0.2, 0.25) is 0 Å². The minimum absolute atomic E-state index is 0.0862. The first kappa shape index (κ1) is 16.3. The van der Waals surface area contributed by atoms with Crippen LogP contribution in [-0.4, -0.2) is 12.1 Å². The van der Waals surface area contributed by atoms with Gasteiger partial charge in [-0.25, -0.2) is 0 Å². The molecule has 0 radical (unpaired) electrons. The van der Waals surface area contributed by atoms with Gasteiger partial charge < -0.3 is 10.1 Å². The van der Waals surface area contributed by atoms with Gasteiger partial charge in [0, 0.05) is 6.54 Å². The largest absolute Gasteiger partial charge is 0.474 e. The van der Waals surface area contributed by atoms with Gasteiger partial charge in [-0.1, -0.05) is 27.2 Å². The average Bonchev–Trinajstić information content (AvgIpc) is 2.16. The molecule has 0 aromatic rings. The van der Waals surface area contributed by atoms with Crippen molar-refractivity contribution in [2.75, 3.05) is 6.54 Å². The second kappa shape index (κ2) is 8.43. The van der Waals surface area contributed by atoms with Crippen molar-refractivity contribution in [3.05, 3.63) is 11.5 Å². The number of rotatable bonds is 5. The van der Waals surface area contributed by atoms with Crippen molar-refractivity contribution in [2.45, 2.75) is 79.2 Å².